The first kappa shape index (κ1) is 27.0. The largest absolute Gasteiger partial charge is 0.504 e. The summed E-state index contributed by atoms with van der Waals surface area (Å²) >= 11 is 0. The minimum Gasteiger partial charge on any atom is -0.504 e. The van der Waals surface area contributed by atoms with Crippen molar-refractivity contribution < 1.29 is 34.7 Å². The van der Waals surface area contributed by atoms with Crippen molar-refractivity contribution in [1.29, 1.82) is 0 Å². The van der Waals surface area contributed by atoms with E-state index in [4.69, 9.17) is 9.47 Å². The fourth-order valence-electron chi connectivity index (χ4n) is 4.37. The molecule has 0 radical (unpaired) electrons. The maximum Gasteiger partial charge on any atom is 0.160 e. The molecule has 3 atom stereocenters. The summed E-state index contributed by atoms with van der Waals surface area (Å²) in [5.74, 6) is -0.534. The van der Waals surface area contributed by atoms with Crippen molar-refractivity contribution in [3.8, 4) is 23.0 Å². The van der Waals surface area contributed by atoms with E-state index >= 15 is 0 Å². The monoisotopic (exact) mass is 494 g/mol. The number of carbonyl (C=O) groups is 1. The summed E-state index contributed by atoms with van der Waals surface area (Å²) in [5.41, 5.74) is 2.64. The van der Waals surface area contributed by atoms with Crippen molar-refractivity contribution in [3.63, 3.8) is 0 Å². The third-order valence-electron chi connectivity index (χ3n) is 6.44. The van der Waals surface area contributed by atoms with E-state index in [0.717, 1.165) is 16.7 Å². The molecule has 0 spiro atoms. The van der Waals surface area contributed by atoms with Gasteiger partial charge in [-0.2, -0.15) is 0 Å². The van der Waals surface area contributed by atoms with Crippen molar-refractivity contribution >= 4 is 5.78 Å². The fourth-order valence-corrected chi connectivity index (χ4v) is 4.37. The molecule has 0 amide bonds. The Morgan fingerprint density at radius 3 is 1.83 bits per heavy atom. The van der Waals surface area contributed by atoms with Crippen molar-refractivity contribution in [2.24, 2.45) is 11.8 Å². The SMILES string of the molecule is COc1cc(CC(CO)C(=O)CC(O)C(Cc2ccccc2)Cc2ccc(O)c(OC)c2)ccc1O. The topological polar surface area (TPSA) is 116 Å². The van der Waals surface area contributed by atoms with Gasteiger partial charge in [0.25, 0.3) is 0 Å². The van der Waals surface area contributed by atoms with E-state index in [1.807, 2.05) is 30.3 Å². The number of hydrogen-bond acceptors (Lipinski definition) is 7. The number of aliphatic hydroxyl groups is 2. The first-order valence-corrected chi connectivity index (χ1v) is 11.9. The second-order valence-electron chi connectivity index (χ2n) is 8.99. The summed E-state index contributed by atoms with van der Waals surface area (Å²) < 4.78 is 10.4. The number of ketones is 1. The second-order valence-corrected chi connectivity index (χ2v) is 8.99. The number of phenols is 2. The Morgan fingerprint density at radius 2 is 1.31 bits per heavy atom. The minimum atomic E-state index is -0.944. The van der Waals surface area contributed by atoms with Crippen LogP contribution in [0.5, 0.6) is 23.0 Å². The Balaban J connectivity index is 1.75. The molecule has 0 heterocycles. The molecule has 3 rings (SSSR count). The van der Waals surface area contributed by atoms with Crippen LogP contribution in [-0.2, 0) is 24.1 Å². The number of carbonyl (C=O) groups excluding carboxylic acids is 1. The Morgan fingerprint density at radius 1 is 0.778 bits per heavy atom. The van der Waals surface area contributed by atoms with Gasteiger partial charge in [0.15, 0.2) is 23.0 Å². The van der Waals surface area contributed by atoms with E-state index in [9.17, 15) is 25.2 Å². The molecule has 36 heavy (non-hydrogen) atoms. The summed E-state index contributed by atoms with van der Waals surface area (Å²) in [5, 5.41) is 40.8. The van der Waals surface area contributed by atoms with Gasteiger partial charge in [-0.05, 0) is 66.1 Å². The van der Waals surface area contributed by atoms with Crippen LogP contribution in [-0.4, -0.2) is 53.1 Å². The summed E-state index contributed by atoms with van der Waals surface area (Å²) in [4.78, 5) is 13.1. The average Bonchev–Trinajstić information content (AvgIpc) is 2.89. The van der Waals surface area contributed by atoms with E-state index in [2.05, 4.69) is 0 Å². The number of benzene rings is 3. The summed E-state index contributed by atoms with van der Waals surface area (Å²) in [6, 6.07) is 19.6. The lowest BCUT2D eigenvalue weighted by atomic mass is 9.83. The third-order valence-corrected chi connectivity index (χ3v) is 6.44. The van der Waals surface area contributed by atoms with Gasteiger partial charge >= 0.3 is 0 Å². The van der Waals surface area contributed by atoms with E-state index < -0.39 is 12.0 Å². The highest BCUT2D eigenvalue weighted by molar-refractivity contribution is 5.82. The quantitative estimate of drug-likeness (QED) is 0.286. The normalized spacial score (nSPS) is 13.6. The van der Waals surface area contributed by atoms with Gasteiger partial charge in [-0.25, -0.2) is 0 Å². The Hall–Kier alpha value is -3.55. The molecule has 0 aliphatic rings. The molecule has 3 aromatic rings. The Labute approximate surface area is 211 Å². The van der Waals surface area contributed by atoms with Gasteiger partial charge in [0, 0.05) is 12.3 Å². The first-order chi connectivity index (χ1) is 17.3. The van der Waals surface area contributed by atoms with Crippen LogP contribution in [0.3, 0.4) is 0 Å². The van der Waals surface area contributed by atoms with Crippen LogP contribution in [0.1, 0.15) is 23.1 Å². The van der Waals surface area contributed by atoms with E-state index in [0.29, 0.717) is 24.3 Å². The van der Waals surface area contributed by atoms with Crippen LogP contribution in [0.25, 0.3) is 0 Å². The van der Waals surface area contributed by atoms with Crippen LogP contribution < -0.4 is 9.47 Å². The molecule has 0 bridgehead atoms. The van der Waals surface area contributed by atoms with Gasteiger partial charge < -0.3 is 29.9 Å². The lowest BCUT2D eigenvalue weighted by molar-refractivity contribution is -0.126. The van der Waals surface area contributed by atoms with Crippen LogP contribution in [0.4, 0.5) is 0 Å². The number of rotatable bonds is 13. The third kappa shape index (κ3) is 7.23. The number of aliphatic hydroxyl groups excluding tert-OH is 2. The van der Waals surface area contributed by atoms with Gasteiger partial charge in [0.05, 0.1) is 26.9 Å². The Bertz CT molecular complexity index is 1130. The molecular formula is C29H34O7. The zero-order chi connectivity index (χ0) is 26.1. The molecule has 7 nitrogen and oxygen atoms in total. The van der Waals surface area contributed by atoms with Gasteiger partial charge in [0.1, 0.15) is 5.78 Å². The van der Waals surface area contributed by atoms with Crippen molar-refractivity contribution in [2.45, 2.75) is 31.8 Å². The highest BCUT2D eigenvalue weighted by Crippen LogP contribution is 2.30. The summed E-state index contributed by atoms with van der Waals surface area (Å²) in [6.07, 6.45) is 0.238. The lowest BCUT2D eigenvalue weighted by Crippen LogP contribution is -2.31. The molecule has 3 unspecified atom stereocenters. The average molecular weight is 495 g/mol. The number of ether oxygens (including phenoxy) is 2. The van der Waals surface area contributed by atoms with Crippen molar-refractivity contribution in [1.82, 2.24) is 0 Å². The van der Waals surface area contributed by atoms with Gasteiger partial charge in [-0.3, -0.25) is 4.79 Å². The Kier molecular flexibility index (Phi) is 9.73. The summed E-state index contributed by atoms with van der Waals surface area (Å²) in [7, 11) is 2.92. The van der Waals surface area contributed by atoms with Crippen LogP contribution >= 0.6 is 0 Å². The first-order valence-electron chi connectivity index (χ1n) is 11.9. The van der Waals surface area contributed by atoms with E-state index in [1.165, 1.54) is 20.3 Å². The lowest BCUT2D eigenvalue weighted by Gasteiger charge is -2.25. The molecule has 0 aromatic heterocycles. The maximum atomic E-state index is 13.1. The number of hydrogen-bond donors (Lipinski definition) is 4. The highest BCUT2D eigenvalue weighted by atomic mass is 16.5. The molecule has 0 aliphatic carbocycles. The molecular weight excluding hydrogens is 460 g/mol. The number of methoxy groups -OCH3 is 2. The highest BCUT2D eigenvalue weighted by Gasteiger charge is 2.27. The van der Waals surface area contributed by atoms with Crippen molar-refractivity contribution in [2.75, 3.05) is 20.8 Å². The zero-order valence-electron chi connectivity index (χ0n) is 20.6. The molecule has 192 valence electrons. The smallest absolute Gasteiger partial charge is 0.160 e. The van der Waals surface area contributed by atoms with Gasteiger partial charge in [-0.15, -0.1) is 0 Å². The molecule has 0 saturated heterocycles. The van der Waals surface area contributed by atoms with Crippen LogP contribution in [0.15, 0.2) is 66.7 Å². The molecule has 3 aromatic carbocycles. The number of phenolic OH excluding ortho intramolecular Hbond substituents is 2. The standard InChI is InChI=1S/C29H34O7/c1-35-28-15-20(8-10-24(28)31)13-22(12-19-6-4-3-5-7-19)26(33)17-27(34)23(18-30)14-21-9-11-25(32)29(16-21)36-2/h3-11,15-16,22-23,26,30-33H,12-14,17-18H2,1-2H3. The van der Waals surface area contributed by atoms with Crippen molar-refractivity contribution in [3.05, 3.63) is 83.4 Å². The molecule has 0 aliphatic heterocycles. The second kappa shape index (κ2) is 13.0. The number of aromatic hydroxyl groups is 2. The maximum absolute atomic E-state index is 13.1. The van der Waals surface area contributed by atoms with Crippen LogP contribution in [0, 0.1) is 11.8 Å². The van der Waals surface area contributed by atoms with Gasteiger partial charge in [0.2, 0.25) is 0 Å². The van der Waals surface area contributed by atoms with E-state index in [-0.39, 0.29) is 42.6 Å². The predicted octanol–water partition coefficient (Wildman–Crippen LogP) is 3.69. The van der Waals surface area contributed by atoms with Gasteiger partial charge in [-0.1, -0.05) is 42.5 Å². The predicted molar refractivity (Wildman–Crippen MR) is 137 cm³/mol. The van der Waals surface area contributed by atoms with Crippen LogP contribution in [0.2, 0.25) is 0 Å². The minimum absolute atomic E-state index is 0.00170. The molecule has 4 N–H and O–H groups in total. The molecule has 0 saturated carbocycles. The number of Topliss-reactive ketones (excluding diaryl/α,β-unsaturated/α-hetero) is 1. The molecule has 0 fully saturated rings. The summed E-state index contributed by atoms with van der Waals surface area (Å²) in [6.45, 7) is -0.354. The zero-order valence-corrected chi connectivity index (χ0v) is 20.6. The fraction of sp³-hybridized carbons (Fsp3) is 0.345. The van der Waals surface area contributed by atoms with E-state index in [1.54, 1.807) is 30.3 Å². The molecule has 7 heteroatoms.